The fourth-order valence-corrected chi connectivity index (χ4v) is 7.71. The van der Waals surface area contributed by atoms with Crippen LogP contribution >= 0.6 is 11.6 Å². The molecule has 1 aromatic carbocycles. The number of hydrogen-bond donors (Lipinski definition) is 3. The Morgan fingerprint density at radius 1 is 1.08 bits per heavy atom. The van der Waals surface area contributed by atoms with Gasteiger partial charge in [0, 0.05) is 87.5 Å². The van der Waals surface area contributed by atoms with Crippen LogP contribution in [0.2, 0.25) is 5.02 Å². The summed E-state index contributed by atoms with van der Waals surface area (Å²) in [4.78, 5) is 39.2. The van der Waals surface area contributed by atoms with Crippen LogP contribution < -0.4 is 25.8 Å². The maximum atomic E-state index is 15.8. The highest BCUT2D eigenvalue weighted by Gasteiger charge is 2.48. The van der Waals surface area contributed by atoms with Crippen LogP contribution in [0.3, 0.4) is 0 Å². The standard InChI is InChI=1S/C36H40ClF2N9O3/c1-45-19-26(24-7-9-41-18-25(24)35(45)50)22-15-28(37)27(30(16-22)51-2)20-46-10-8-31(36(38,39)21-46)48-13-11-47(12-14-48)23-3-6-33(42-17-23)43-29-4-5-32(40)44-34(29)49/h3,6-7,9,15-19,29,31H,4-5,8,10-14,20-21H2,1-2H3,(H,42,43)(H2,40,44,49). The van der Waals surface area contributed by atoms with E-state index in [0.29, 0.717) is 79.5 Å². The number of carbonyl (C=O) groups excluding carboxylic acids is 1. The van der Waals surface area contributed by atoms with E-state index >= 15 is 8.78 Å². The zero-order valence-corrected chi connectivity index (χ0v) is 29.2. The van der Waals surface area contributed by atoms with Gasteiger partial charge in [-0.3, -0.25) is 29.8 Å². The molecular formula is C36H40ClF2N9O3. The zero-order valence-electron chi connectivity index (χ0n) is 28.5. The summed E-state index contributed by atoms with van der Waals surface area (Å²) in [5.74, 6) is -1.87. The van der Waals surface area contributed by atoms with Gasteiger partial charge in [0.25, 0.3) is 11.5 Å². The van der Waals surface area contributed by atoms with Crippen molar-refractivity contribution < 1.29 is 18.3 Å². The number of nitrogens with zero attached hydrogens (tertiary/aromatic N) is 6. The number of amides is 1. The van der Waals surface area contributed by atoms with Crippen LogP contribution in [0.4, 0.5) is 20.3 Å². The summed E-state index contributed by atoms with van der Waals surface area (Å²) >= 11 is 6.83. The Balaban J connectivity index is 0.974. The van der Waals surface area contributed by atoms with E-state index < -0.39 is 24.6 Å². The van der Waals surface area contributed by atoms with Crippen molar-refractivity contribution in [1.29, 1.82) is 5.41 Å². The molecule has 0 saturated carbocycles. The fraction of sp³-hybridized carbons (Fsp3) is 0.417. The van der Waals surface area contributed by atoms with E-state index in [1.54, 1.807) is 48.9 Å². The molecule has 12 nitrogen and oxygen atoms in total. The third-order valence-corrected chi connectivity index (χ3v) is 10.5. The van der Waals surface area contributed by atoms with Crippen molar-refractivity contribution in [2.75, 3.05) is 56.6 Å². The predicted molar refractivity (Wildman–Crippen MR) is 193 cm³/mol. The molecule has 3 aliphatic heterocycles. The van der Waals surface area contributed by atoms with Gasteiger partial charge >= 0.3 is 0 Å². The second-order valence-electron chi connectivity index (χ2n) is 13.4. The lowest BCUT2D eigenvalue weighted by molar-refractivity contribution is -0.129. The quantitative estimate of drug-likeness (QED) is 0.243. The van der Waals surface area contributed by atoms with Gasteiger partial charge in [0.2, 0.25) is 5.91 Å². The van der Waals surface area contributed by atoms with Gasteiger partial charge in [0.1, 0.15) is 17.6 Å². The fourth-order valence-electron chi connectivity index (χ4n) is 7.44. The first kappa shape index (κ1) is 34.8. The maximum Gasteiger partial charge on any atom is 0.275 e. The summed E-state index contributed by atoms with van der Waals surface area (Å²) < 4.78 is 38.9. The smallest absolute Gasteiger partial charge is 0.275 e. The molecule has 7 rings (SSSR count). The Morgan fingerprint density at radius 3 is 2.59 bits per heavy atom. The van der Waals surface area contributed by atoms with Gasteiger partial charge in [-0.15, -0.1) is 0 Å². The van der Waals surface area contributed by atoms with Crippen molar-refractivity contribution in [2.24, 2.45) is 7.05 Å². The van der Waals surface area contributed by atoms with E-state index in [4.69, 9.17) is 21.7 Å². The predicted octanol–water partition coefficient (Wildman–Crippen LogP) is 4.36. The summed E-state index contributed by atoms with van der Waals surface area (Å²) in [5.41, 5.74) is 2.91. The van der Waals surface area contributed by atoms with Crippen LogP contribution in [0, 0.1) is 5.41 Å². The van der Waals surface area contributed by atoms with E-state index in [9.17, 15) is 9.59 Å². The second-order valence-corrected chi connectivity index (χ2v) is 13.8. The molecule has 2 unspecified atom stereocenters. The van der Waals surface area contributed by atoms with Gasteiger partial charge in [-0.1, -0.05) is 11.6 Å². The number of nitrogens with one attached hydrogen (secondary N) is 3. The number of pyridine rings is 3. The number of amidine groups is 1. The number of aryl methyl sites for hydroxylation is 1. The lowest BCUT2D eigenvalue weighted by atomic mass is 9.96. The third-order valence-electron chi connectivity index (χ3n) is 10.2. The van der Waals surface area contributed by atoms with Crippen molar-refractivity contribution in [3.63, 3.8) is 0 Å². The number of carbonyl (C=O) groups is 1. The number of halogens is 3. The average Bonchev–Trinajstić information content (AvgIpc) is 3.12. The molecule has 0 radical (unpaired) electrons. The Morgan fingerprint density at radius 2 is 1.88 bits per heavy atom. The highest BCUT2D eigenvalue weighted by atomic mass is 35.5. The Bertz CT molecular complexity index is 2020. The molecule has 6 heterocycles. The summed E-state index contributed by atoms with van der Waals surface area (Å²) in [6.45, 7) is 2.51. The Labute approximate surface area is 298 Å². The SMILES string of the molecule is COc1cc(-c2cn(C)c(=O)c3cnccc23)cc(Cl)c1CN1CCC(N2CCN(c3ccc(NC4CCC(=N)NC4=O)nc3)CC2)C(F)(F)C1. The molecule has 3 fully saturated rings. The number of aromatic nitrogens is 3. The number of hydrogen-bond acceptors (Lipinski definition) is 10. The molecule has 0 aliphatic carbocycles. The molecular weight excluding hydrogens is 680 g/mol. The minimum absolute atomic E-state index is 0.157. The van der Waals surface area contributed by atoms with E-state index in [-0.39, 0.29) is 23.8 Å². The first-order valence-corrected chi connectivity index (χ1v) is 17.4. The average molecular weight is 720 g/mol. The van der Waals surface area contributed by atoms with Crippen molar-refractivity contribution in [1.82, 2.24) is 29.7 Å². The first-order chi connectivity index (χ1) is 24.5. The Kier molecular flexibility index (Phi) is 9.66. The number of fused-ring (bicyclic) bond motifs is 1. The minimum Gasteiger partial charge on any atom is -0.496 e. The lowest BCUT2D eigenvalue weighted by Crippen LogP contribution is -2.61. The molecule has 4 aromatic rings. The van der Waals surface area contributed by atoms with Gasteiger partial charge in [0.05, 0.1) is 42.8 Å². The second kappa shape index (κ2) is 14.2. The summed E-state index contributed by atoms with van der Waals surface area (Å²) in [5, 5.41) is 14.9. The van der Waals surface area contributed by atoms with Crippen LogP contribution in [0.15, 0.2) is 59.9 Å². The number of alkyl halides is 2. The summed E-state index contributed by atoms with van der Waals surface area (Å²) in [7, 11) is 3.22. The van der Waals surface area contributed by atoms with Crippen LogP contribution in [0.5, 0.6) is 5.75 Å². The van der Waals surface area contributed by atoms with Gasteiger partial charge in [0.15, 0.2) is 0 Å². The normalized spacial score (nSPS) is 21.5. The van der Waals surface area contributed by atoms with Gasteiger partial charge in [-0.05, 0) is 54.1 Å². The number of piperazine rings is 1. The van der Waals surface area contributed by atoms with E-state index in [0.717, 1.165) is 22.2 Å². The topological polar surface area (TPSA) is 132 Å². The molecule has 15 heteroatoms. The van der Waals surface area contributed by atoms with E-state index in [1.165, 1.54) is 11.7 Å². The van der Waals surface area contributed by atoms with E-state index in [2.05, 4.69) is 25.5 Å². The molecule has 51 heavy (non-hydrogen) atoms. The monoisotopic (exact) mass is 719 g/mol. The molecule has 3 saturated heterocycles. The minimum atomic E-state index is -2.93. The van der Waals surface area contributed by atoms with Crippen LogP contribution in [0.25, 0.3) is 21.9 Å². The molecule has 3 N–H and O–H groups in total. The van der Waals surface area contributed by atoms with Gasteiger partial charge < -0.3 is 24.8 Å². The van der Waals surface area contributed by atoms with Crippen LogP contribution in [-0.4, -0.2) is 100 Å². The lowest BCUT2D eigenvalue weighted by Gasteiger charge is -2.46. The van der Waals surface area contributed by atoms with Crippen molar-refractivity contribution in [2.45, 2.75) is 43.8 Å². The molecule has 268 valence electrons. The van der Waals surface area contributed by atoms with Gasteiger partial charge in [-0.2, -0.15) is 0 Å². The number of piperidine rings is 2. The van der Waals surface area contributed by atoms with E-state index in [1.807, 2.05) is 23.1 Å². The number of rotatable bonds is 8. The van der Waals surface area contributed by atoms with Crippen LogP contribution in [0.1, 0.15) is 24.8 Å². The molecule has 0 bridgehead atoms. The molecule has 1 amide bonds. The first-order valence-electron chi connectivity index (χ1n) is 17.0. The summed E-state index contributed by atoms with van der Waals surface area (Å²) in [6, 6.07) is 7.86. The summed E-state index contributed by atoms with van der Waals surface area (Å²) in [6.07, 6.45) is 8.01. The maximum absolute atomic E-state index is 15.8. The van der Waals surface area contributed by atoms with Crippen molar-refractivity contribution in [3.8, 4) is 16.9 Å². The highest BCUT2D eigenvalue weighted by Crippen LogP contribution is 2.39. The Hall–Kier alpha value is -4.66. The molecule has 0 spiro atoms. The van der Waals surface area contributed by atoms with Gasteiger partial charge in [-0.25, -0.2) is 13.8 Å². The molecule has 3 aromatic heterocycles. The molecule has 2 atom stereocenters. The number of benzene rings is 1. The van der Waals surface area contributed by atoms with Crippen LogP contribution in [-0.2, 0) is 18.4 Å². The molecule has 3 aliphatic rings. The number of anilines is 2. The largest absolute Gasteiger partial charge is 0.496 e. The number of ether oxygens (including phenoxy) is 1. The third kappa shape index (κ3) is 7.12. The number of methoxy groups -OCH3 is 1. The van der Waals surface area contributed by atoms with Crippen molar-refractivity contribution in [3.05, 3.63) is 76.1 Å². The van der Waals surface area contributed by atoms with Crippen molar-refractivity contribution >= 4 is 45.6 Å². The zero-order chi connectivity index (χ0) is 35.9. The highest BCUT2D eigenvalue weighted by molar-refractivity contribution is 6.32. The number of likely N-dealkylation sites (tertiary alicyclic amines) is 1.